The Hall–Kier alpha value is -3.17. The van der Waals surface area contributed by atoms with Crippen LogP contribution in [0, 0.1) is 0 Å². The molecule has 2 atom stereocenters. The number of fused-ring (bicyclic) bond motifs is 2. The molecule has 0 fully saturated rings. The molecule has 1 amide bonds. The monoisotopic (exact) mass is 414 g/mol. The van der Waals surface area contributed by atoms with Crippen molar-refractivity contribution in [1.29, 1.82) is 0 Å². The molecule has 1 aromatic heterocycles. The lowest BCUT2D eigenvalue weighted by Crippen LogP contribution is -2.31. The molecule has 0 saturated carbocycles. The Morgan fingerprint density at radius 1 is 1.17 bits per heavy atom. The van der Waals surface area contributed by atoms with Crippen LogP contribution in [0.3, 0.4) is 0 Å². The summed E-state index contributed by atoms with van der Waals surface area (Å²) >= 11 is -2.22. The van der Waals surface area contributed by atoms with Gasteiger partial charge in [-0.3, -0.25) is 9.59 Å². The number of aromatic amines is 1. The molecule has 0 radical (unpaired) electrons. The number of ether oxygens (including phenoxy) is 2. The van der Waals surface area contributed by atoms with Gasteiger partial charge in [-0.1, -0.05) is 6.07 Å². The van der Waals surface area contributed by atoms with Crippen LogP contribution < -0.4 is 20.2 Å². The maximum atomic E-state index is 12.8. The molecule has 0 aliphatic carbocycles. The Bertz CT molecular complexity index is 1190. The first kappa shape index (κ1) is 19.2. The van der Waals surface area contributed by atoms with Crippen LogP contribution in [0.15, 0.2) is 52.3 Å². The van der Waals surface area contributed by atoms with Crippen LogP contribution in [0.4, 0.5) is 0 Å². The molecule has 3 N–H and O–H groups in total. The van der Waals surface area contributed by atoms with E-state index in [1.807, 2.05) is 6.07 Å². The number of rotatable bonds is 4. The minimum Gasteiger partial charge on any atom is -0.486 e. The molecule has 150 valence electrons. The van der Waals surface area contributed by atoms with Crippen LogP contribution in [0.5, 0.6) is 11.5 Å². The van der Waals surface area contributed by atoms with Crippen molar-refractivity contribution < 1.29 is 23.0 Å². The van der Waals surface area contributed by atoms with Crippen LogP contribution >= 0.6 is 0 Å². The molecule has 0 saturated heterocycles. The number of pyridine rings is 1. The number of amides is 1. The van der Waals surface area contributed by atoms with Crippen LogP contribution in [0.1, 0.15) is 28.9 Å². The summed E-state index contributed by atoms with van der Waals surface area (Å²) in [4.78, 5) is 28.4. The van der Waals surface area contributed by atoms with Crippen molar-refractivity contribution in [2.75, 3.05) is 13.2 Å². The third-order valence-electron chi connectivity index (χ3n) is 4.71. The van der Waals surface area contributed by atoms with E-state index in [0.29, 0.717) is 30.2 Å². The van der Waals surface area contributed by atoms with Crippen molar-refractivity contribution in [2.45, 2.75) is 17.9 Å². The van der Waals surface area contributed by atoms with E-state index in [0.717, 1.165) is 5.56 Å². The Balaban J connectivity index is 1.61. The summed E-state index contributed by atoms with van der Waals surface area (Å²) in [7, 11) is 0. The van der Waals surface area contributed by atoms with Gasteiger partial charge in [-0.05, 0) is 42.8 Å². The fourth-order valence-corrected chi connectivity index (χ4v) is 3.57. The van der Waals surface area contributed by atoms with Crippen molar-refractivity contribution in [1.82, 2.24) is 10.3 Å². The highest BCUT2D eigenvalue weighted by atomic mass is 32.2. The van der Waals surface area contributed by atoms with Crippen molar-refractivity contribution in [2.24, 2.45) is 0 Å². The summed E-state index contributed by atoms with van der Waals surface area (Å²) < 4.78 is 31.6. The second kappa shape index (κ2) is 7.69. The van der Waals surface area contributed by atoms with E-state index in [4.69, 9.17) is 9.47 Å². The molecule has 2 unspecified atom stereocenters. The predicted octanol–water partition coefficient (Wildman–Crippen LogP) is 2.37. The largest absolute Gasteiger partial charge is 0.486 e. The zero-order chi connectivity index (χ0) is 20.5. The molecule has 1 aliphatic rings. The van der Waals surface area contributed by atoms with Gasteiger partial charge in [0, 0.05) is 17.1 Å². The topological polar surface area (TPSA) is 118 Å². The minimum absolute atomic E-state index is 0.0808. The number of H-pyrrole nitrogens is 1. The zero-order valence-electron chi connectivity index (χ0n) is 15.4. The Morgan fingerprint density at radius 2 is 1.93 bits per heavy atom. The molecular formula is C20H18N2O6S. The van der Waals surface area contributed by atoms with E-state index in [1.54, 1.807) is 19.1 Å². The fourth-order valence-electron chi connectivity index (χ4n) is 3.16. The van der Waals surface area contributed by atoms with Crippen molar-refractivity contribution in [3.63, 3.8) is 0 Å². The van der Waals surface area contributed by atoms with Gasteiger partial charge in [0.2, 0.25) is 5.43 Å². The van der Waals surface area contributed by atoms with E-state index in [9.17, 15) is 18.4 Å². The quantitative estimate of drug-likeness (QED) is 0.564. The van der Waals surface area contributed by atoms with Crippen molar-refractivity contribution in [3.05, 3.63) is 63.9 Å². The number of nitrogens with one attached hydrogen (secondary N) is 2. The van der Waals surface area contributed by atoms with Gasteiger partial charge in [0.05, 0.1) is 10.9 Å². The average Bonchev–Trinajstić information content (AvgIpc) is 2.73. The van der Waals surface area contributed by atoms with Gasteiger partial charge in [0.25, 0.3) is 5.91 Å². The first-order chi connectivity index (χ1) is 13.9. The Labute approximate surface area is 168 Å². The van der Waals surface area contributed by atoms with Gasteiger partial charge in [-0.25, -0.2) is 4.21 Å². The van der Waals surface area contributed by atoms with Crippen LogP contribution in [0.25, 0.3) is 10.9 Å². The van der Waals surface area contributed by atoms with Crippen LogP contribution in [0.2, 0.25) is 0 Å². The molecule has 8 nitrogen and oxygen atoms in total. The molecule has 0 bridgehead atoms. The Morgan fingerprint density at radius 3 is 2.69 bits per heavy atom. The maximum absolute atomic E-state index is 12.8. The molecule has 4 rings (SSSR count). The molecule has 29 heavy (non-hydrogen) atoms. The number of carbonyl (C=O) groups is 1. The highest BCUT2D eigenvalue weighted by Gasteiger charge is 2.19. The molecule has 1 aliphatic heterocycles. The van der Waals surface area contributed by atoms with Gasteiger partial charge in [0.15, 0.2) is 22.6 Å². The summed E-state index contributed by atoms with van der Waals surface area (Å²) in [5, 5.41) is 2.97. The van der Waals surface area contributed by atoms with Gasteiger partial charge >= 0.3 is 0 Å². The van der Waals surface area contributed by atoms with Gasteiger partial charge in [-0.2, -0.15) is 0 Å². The minimum atomic E-state index is -2.22. The third kappa shape index (κ3) is 3.74. The van der Waals surface area contributed by atoms with E-state index in [1.165, 1.54) is 24.4 Å². The lowest BCUT2D eigenvalue weighted by molar-refractivity contribution is 0.0938. The molecule has 0 spiro atoms. The van der Waals surface area contributed by atoms with Crippen LogP contribution in [-0.4, -0.2) is 32.9 Å². The van der Waals surface area contributed by atoms with Gasteiger partial charge in [-0.15, -0.1) is 0 Å². The summed E-state index contributed by atoms with van der Waals surface area (Å²) in [6.07, 6.45) is 1.34. The second-order valence-corrected chi connectivity index (χ2v) is 7.56. The molecule has 9 heteroatoms. The number of aromatic nitrogens is 1. The normalized spacial score (nSPS) is 15.0. The van der Waals surface area contributed by atoms with Gasteiger partial charge in [0.1, 0.15) is 18.8 Å². The number of hydrogen-bond donors (Lipinski definition) is 3. The lowest BCUT2D eigenvalue weighted by Gasteiger charge is -2.21. The highest BCUT2D eigenvalue weighted by molar-refractivity contribution is 7.79. The summed E-state index contributed by atoms with van der Waals surface area (Å²) in [6.45, 7) is 2.75. The maximum Gasteiger partial charge on any atom is 0.257 e. The van der Waals surface area contributed by atoms with Crippen molar-refractivity contribution >= 4 is 27.9 Å². The van der Waals surface area contributed by atoms with Gasteiger partial charge < -0.3 is 24.3 Å². The lowest BCUT2D eigenvalue weighted by atomic mass is 10.1. The van der Waals surface area contributed by atoms with E-state index in [2.05, 4.69) is 10.3 Å². The molecular weight excluding hydrogens is 396 g/mol. The van der Waals surface area contributed by atoms with Crippen molar-refractivity contribution in [3.8, 4) is 11.5 Å². The van der Waals surface area contributed by atoms with Crippen LogP contribution in [-0.2, 0) is 11.1 Å². The number of hydrogen-bond acceptors (Lipinski definition) is 5. The molecule has 2 heterocycles. The van der Waals surface area contributed by atoms with E-state index >= 15 is 0 Å². The predicted molar refractivity (Wildman–Crippen MR) is 107 cm³/mol. The third-order valence-corrected chi connectivity index (χ3v) is 5.37. The van der Waals surface area contributed by atoms with E-state index in [-0.39, 0.29) is 21.9 Å². The molecule has 2 aromatic carbocycles. The fraction of sp³-hybridized carbons (Fsp3) is 0.200. The van der Waals surface area contributed by atoms with E-state index < -0.39 is 22.4 Å². The zero-order valence-corrected chi connectivity index (χ0v) is 16.2. The highest BCUT2D eigenvalue weighted by Crippen LogP contribution is 2.32. The average molecular weight is 414 g/mol. The number of benzene rings is 2. The standard InChI is InChI=1S/C20H18N2O6S/c1-11(12-2-5-17-18(8-12)28-7-6-27-17)22-20(24)15-10-21-16-4-3-13(29(25)26)9-14(16)19(15)23/h2-5,8-11H,6-7H2,1H3,(H,21,23)(H,22,24)(H,25,26). The first-order valence-corrected chi connectivity index (χ1v) is 10.0. The first-order valence-electron chi connectivity index (χ1n) is 8.91. The summed E-state index contributed by atoms with van der Waals surface area (Å²) in [5.41, 5.74) is 0.680. The SMILES string of the molecule is CC(NC(=O)c1c[nH]c2ccc(S(=O)O)cc2c1=O)c1ccc2c(c1)OCCO2. The summed E-state index contributed by atoms with van der Waals surface area (Å²) in [6, 6.07) is 9.30. The molecule has 3 aromatic rings. The second-order valence-electron chi connectivity index (χ2n) is 6.59. The number of carbonyl (C=O) groups excluding carboxylic acids is 1. The Kier molecular flexibility index (Phi) is 5.08. The smallest absolute Gasteiger partial charge is 0.257 e. The summed E-state index contributed by atoms with van der Waals surface area (Å²) in [5.74, 6) is 0.718.